The minimum absolute atomic E-state index is 0.455. The Morgan fingerprint density at radius 2 is 1.95 bits per heavy atom. The summed E-state index contributed by atoms with van der Waals surface area (Å²) >= 11 is 0. The molecule has 118 valence electrons. The number of hydrogen-bond donors (Lipinski definition) is 2. The van der Waals surface area contributed by atoms with Gasteiger partial charge < -0.3 is 15.4 Å². The molecule has 1 heterocycles. The summed E-state index contributed by atoms with van der Waals surface area (Å²) in [6.07, 6.45) is 5.37. The van der Waals surface area contributed by atoms with E-state index in [1.807, 2.05) is 13.0 Å². The molecule has 1 aliphatic rings. The Morgan fingerprint density at radius 3 is 2.62 bits per heavy atom. The number of hydrogen-bond acceptors (Lipinski definition) is 5. The largest absolute Gasteiger partial charge is 0.374 e. The molecule has 0 bridgehead atoms. The fourth-order valence-corrected chi connectivity index (χ4v) is 2.91. The maximum atomic E-state index is 5.43. The summed E-state index contributed by atoms with van der Waals surface area (Å²) in [6, 6.07) is 2.45. The lowest BCUT2D eigenvalue weighted by atomic mass is 10.00. The van der Waals surface area contributed by atoms with Crippen LogP contribution in [0.5, 0.6) is 0 Å². The first-order valence-electron chi connectivity index (χ1n) is 8.19. The van der Waals surface area contributed by atoms with Crippen molar-refractivity contribution in [1.82, 2.24) is 9.97 Å². The molecule has 21 heavy (non-hydrogen) atoms. The highest BCUT2D eigenvalue weighted by molar-refractivity contribution is 5.48. The molecule has 2 rings (SSSR count). The minimum Gasteiger partial charge on any atom is -0.374 e. The van der Waals surface area contributed by atoms with Crippen LogP contribution in [0, 0.1) is 5.92 Å². The second kappa shape index (κ2) is 8.17. The molecule has 2 N–H and O–H groups in total. The van der Waals surface area contributed by atoms with Crippen LogP contribution in [0.2, 0.25) is 0 Å². The second-order valence-corrected chi connectivity index (χ2v) is 5.70. The topological polar surface area (TPSA) is 59.1 Å². The summed E-state index contributed by atoms with van der Waals surface area (Å²) in [6.45, 7) is 8.29. The number of nitrogens with zero attached hydrogens (tertiary/aromatic N) is 2. The van der Waals surface area contributed by atoms with Gasteiger partial charge >= 0.3 is 0 Å². The fourth-order valence-electron chi connectivity index (χ4n) is 2.91. The number of aromatic nitrogens is 2. The Hall–Kier alpha value is -1.36. The molecule has 0 spiro atoms. The van der Waals surface area contributed by atoms with Crippen molar-refractivity contribution in [3.05, 3.63) is 11.9 Å². The standard InChI is InChI=1S/C16H28N4O/c1-4-17-14-10-15(20-16(19-14)11-21-5-2)18-12(3)13-8-6-7-9-13/h10,12-13H,4-9,11H2,1-3H3,(H2,17,18,19,20). The second-order valence-electron chi connectivity index (χ2n) is 5.70. The summed E-state index contributed by atoms with van der Waals surface area (Å²) in [5.41, 5.74) is 0. The van der Waals surface area contributed by atoms with E-state index in [2.05, 4.69) is 34.4 Å². The van der Waals surface area contributed by atoms with Crippen LogP contribution in [0.4, 0.5) is 11.6 Å². The van der Waals surface area contributed by atoms with Gasteiger partial charge in [0.25, 0.3) is 0 Å². The lowest BCUT2D eigenvalue weighted by Crippen LogP contribution is -2.24. The van der Waals surface area contributed by atoms with Crippen LogP contribution in [0.1, 0.15) is 52.3 Å². The Bertz CT molecular complexity index is 432. The molecule has 0 amide bonds. The van der Waals surface area contributed by atoms with E-state index in [0.29, 0.717) is 19.3 Å². The molecule has 0 saturated heterocycles. The van der Waals surface area contributed by atoms with Crippen molar-refractivity contribution in [1.29, 1.82) is 0 Å². The van der Waals surface area contributed by atoms with Crippen molar-refractivity contribution in [2.75, 3.05) is 23.8 Å². The molecular weight excluding hydrogens is 264 g/mol. The highest BCUT2D eigenvalue weighted by Gasteiger charge is 2.21. The molecule has 5 nitrogen and oxygen atoms in total. The molecule has 1 aliphatic carbocycles. The Morgan fingerprint density at radius 1 is 1.24 bits per heavy atom. The molecule has 1 aromatic heterocycles. The molecule has 1 atom stereocenters. The van der Waals surface area contributed by atoms with Gasteiger partial charge in [0.2, 0.25) is 0 Å². The Kier molecular flexibility index (Phi) is 6.23. The van der Waals surface area contributed by atoms with Crippen LogP contribution >= 0.6 is 0 Å². The van der Waals surface area contributed by atoms with Crippen molar-refractivity contribution >= 4 is 11.6 Å². The van der Waals surface area contributed by atoms with Gasteiger partial charge in [0, 0.05) is 25.3 Å². The molecule has 1 saturated carbocycles. The Labute approximate surface area is 127 Å². The van der Waals surface area contributed by atoms with Gasteiger partial charge in [-0.1, -0.05) is 12.8 Å². The number of anilines is 2. The predicted octanol–water partition coefficient (Wildman–Crippen LogP) is 3.44. The molecule has 5 heteroatoms. The van der Waals surface area contributed by atoms with Crippen molar-refractivity contribution in [2.24, 2.45) is 5.92 Å². The predicted molar refractivity (Wildman–Crippen MR) is 86.6 cm³/mol. The van der Waals surface area contributed by atoms with Gasteiger partial charge in [-0.25, -0.2) is 9.97 Å². The van der Waals surface area contributed by atoms with Crippen molar-refractivity contribution in [2.45, 2.75) is 59.1 Å². The van der Waals surface area contributed by atoms with Crippen molar-refractivity contribution < 1.29 is 4.74 Å². The smallest absolute Gasteiger partial charge is 0.158 e. The van der Waals surface area contributed by atoms with Gasteiger partial charge in [0.1, 0.15) is 18.2 Å². The molecular formula is C16H28N4O. The van der Waals surface area contributed by atoms with Gasteiger partial charge in [-0.15, -0.1) is 0 Å². The Balaban J connectivity index is 2.06. The van der Waals surface area contributed by atoms with E-state index in [1.54, 1.807) is 0 Å². The molecule has 1 fully saturated rings. The van der Waals surface area contributed by atoms with Crippen molar-refractivity contribution in [3.63, 3.8) is 0 Å². The van der Waals surface area contributed by atoms with Crippen LogP contribution in [0.15, 0.2) is 6.07 Å². The highest BCUT2D eigenvalue weighted by atomic mass is 16.5. The third-order valence-corrected chi connectivity index (χ3v) is 4.05. The van der Waals surface area contributed by atoms with Crippen LogP contribution < -0.4 is 10.6 Å². The summed E-state index contributed by atoms with van der Waals surface area (Å²) in [5, 5.41) is 6.81. The molecule has 0 radical (unpaired) electrons. The molecule has 1 unspecified atom stereocenters. The third kappa shape index (κ3) is 4.84. The summed E-state index contributed by atoms with van der Waals surface area (Å²) in [5.74, 6) is 3.26. The fraction of sp³-hybridized carbons (Fsp3) is 0.750. The van der Waals surface area contributed by atoms with E-state index in [0.717, 1.165) is 29.9 Å². The maximum Gasteiger partial charge on any atom is 0.158 e. The summed E-state index contributed by atoms with van der Waals surface area (Å²) in [4.78, 5) is 9.06. The number of nitrogens with one attached hydrogen (secondary N) is 2. The lowest BCUT2D eigenvalue weighted by Gasteiger charge is -2.21. The van der Waals surface area contributed by atoms with Crippen LogP contribution in [0.3, 0.4) is 0 Å². The average Bonchev–Trinajstić information content (AvgIpc) is 2.99. The van der Waals surface area contributed by atoms with Crippen LogP contribution in [0.25, 0.3) is 0 Å². The van der Waals surface area contributed by atoms with Gasteiger partial charge in [0.15, 0.2) is 5.82 Å². The first-order chi connectivity index (χ1) is 10.2. The SMILES string of the molecule is CCNc1cc(NC(C)C2CCCC2)nc(COCC)n1. The number of ether oxygens (including phenoxy) is 1. The van der Waals surface area contributed by atoms with Gasteiger partial charge in [-0.2, -0.15) is 0 Å². The zero-order valence-electron chi connectivity index (χ0n) is 13.5. The van der Waals surface area contributed by atoms with Gasteiger partial charge in [-0.3, -0.25) is 0 Å². The normalized spacial score (nSPS) is 16.9. The van der Waals surface area contributed by atoms with E-state index in [4.69, 9.17) is 4.74 Å². The van der Waals surface area contributed by atoms with E-state index in [1.165, 1.54) is 25.7 Å². The van der Waals surface area contributed by atoms with Crippen LogP contribution in [-0.4, -0.2) is 29.2 Å². The zero-order chi connectivity index (χ0) is 15.1. The van der Waals surface area contributed by atoms with E-state index >= 15 is 0 Å². The molecule has 0 aliphatic heterocycles. The molecule has 0 aromatic carbocycles. The maximum absolute atomic E-state index is 5.43. The van der Waals surface area contributed by atoms with E-state index < -0.39 is 0 Å². The minimum atomic E-state index is 0.455. The third-order valence-electron chi connectivity index (χ3n) is 4.05. The zero-order valence-corrected chi connectivity index (χ0v) is 13.5. The molecule has 1 aromatic rings. The monoisotopic (exact) mass is 292 g/mol. The lowest BCUT2D eigenvalue weighted by molar-refractivity contribution is 0.128. The average molecular weight is 292 g/mol. The quantitative estimate of drug-likeness (QED) is 0.768. The van der Waals surface area contributed by atoms with E-state index in [9.17, 15) is 0 Å². The summed E-state index contributed by atoms with van der Waals surface area (Å²) < 4.78 is 5.43. The first-order valence-corrected chi connectivity index (χ1v) is 8.19. The van der Waals surface area contributed by atoms with Crippen molar-refractivity contribution in [3.8, 4) is 0 Å². The summed E-state index contributed by atoms with van der Waals surface area (Å²) in [7, 11) is 0. The first kappa shape index (κ1) is 16.0. The highest BCUT2D eigenvalue weighted by Crippen LogP contribution is 2.29. The van der Waals surface area contributed by atoms with Gasteiger partial charge in [0.05, 0.1) is 0 Å². The number of rotatable bonds is 8. The van der Waals surface area contributed by atoms with E-state index in [-0.39, 0.29) is 0 Å². The van der Waals surface area contributed by atoms with Crippen LogP contribution in [-0.2, 0) is 11.3 Å². The van der Waals surface area contributed by atoms with Gasteiger partial charge in [-0.05, 0) is 39.5 Å².